The fourth-order valence-electron chi connectivity index (χ4n) is 3.64. The van der Waals surface area contributed by atoms with Gasteiger partial charge in [-0.3, -0.25) is 9.59 Å². The minimum atomic E-state index is -0.134. The summed E-state index contributed by atoms with van der Waals surface area (Å²) >= 11 is 0. The third kappa shape index (κ3) is 4.13. The predicted octanol–water partition coefficient (Wildman–Crippen LogP) is 3.30. The van der Waals surface area contributed by atoms with Crippen LogP contribution in [0.2, 0.25) is 0 Å². The highest BCUT2D eigenvalue weighted by Crippen LogP contribution is 2.33. The van der Waals surface area contributed by atoms with E-state index >= 15 is 0 Å². The van der Waals surface area contributed by atoms with Crippen LogP contribution in [0.5, 0.6) is 17.2 Å². The van der Waals surface area contributed by atoms with Gasteiger partial charge in [-0.2, -0.15) is 0 Å². The molecule has 0 bridgehead atoms. The van der Waals surface area contributed by atoms with Gasteiger partial charge in [-0.15, -0.1) is 0 Å². The van der Waals surface area contributed by atoms with Gasteiger partial charge < -0.3 is 24.4 Å². The SMILES string of the molecule is CCOc1ccccc1NC(=O)C1CCN(C(=O)c2ccc3c(c2)OCO3)CC1. The number of fused-ring (bicyclic) bond motifs is 1. The minimum Gasteiger partial charge on any atom is -0.492 e. The van der Waals surface area contributed by atoms with Crippen LogP contribution in [0.25, 0.3) is 0 Å². The summed E-state index contributed by atoms with van der Waals surface area (Å²) in [5.74, 6) is 1.70. The Morgan fingerprint density at radius 2 is 1.86 bits per heavy atom. The quantitative estimate of drug-likeness (QED) is 0.839. The molecular formula is C22H24N2O5. The topological polar surface area (TPSA) is 77.1 Å². The lowest BCUT2D eigenvalue weighted by atomic mass is 9.95. The number of amides is 2. The molecule has 7 heteroatoms. The summed E-state index contributed by atoms with van der Waals surface area (Å²) in [6.07, 6.45) is 1.25. The van der Waals surface area contributed by atoms with E-state index in [2.05, 4.69) is 5.32 Å². The molecule has 0 radical (unpaired) electrons. The summed E-state index contributed by atoms with van der Waals surface area (Å²) in [6, 6.07) is 12.6. The second-order valence-electron chi connectivity index (χ2n) is 7.05. The molecule has 2 amide bonds. The number of benzene rings is 2. The highest BCUT2D eigenvalue weighted by Gasteiger charge is 2.29. The van der Waals surface area contributed by atoms with Crippen LogP contribution in [-0.4, -0.2) is 43.2 Å². The van der Waals surface area contributed by atoms with E-state index in [9.17, 15) is 9.59 Å². The molecule has 152 valence electrons. The van der Waals surface area contributed by atoms with Crippen LogP contribution in [0, 0.1) is 5.92 Å². The number of piperidine rings is 1. The van der Waals surface area contributed by atoms with Crippen LogP contribution in [0.3, 0.4) is 0 Å². The Balaban J connectivity index is 1.34. The van der Waals surface area contributed by atoms with Gasteiger partial charge in [-0.05, 0) is 50.1 Å². The Morgan fingerprint density at radius 3 is 2.66 bits per heavy atom. The second kappa shape index (κ2) is 8.43. The molecule has 29 heavy (non-hydrogen) atoms. The van der Waals surface area contributed by atoms with Gasteiger partial charge in [-0.1, -0.05) is 12.1 Å². The molecule has 0 unspecified atom stereocenters. The van der Waals surface area contributed by atoms with Gasteiger partial charge in [0.05, 0.1) is 12.3 Å². The van der Waals surface area contributed by atoms with Crippen molar-refractivity contribution in [3.05, 3.63) is 48.0 Å². The second-order valence-corrected chi connectivity index (χ2v) is 7.05. The van der Waals surface area contributed by atoms with E-state index in [-0.39, 0.29) is 24.5 Å². The number of nitrogens with one attached hydrogen (secondary N) is 1. The molecule has 2 aromatic rings. The molecule has 4 rings (SSSR count). The van der Waals surface area contributed by atoms with Crippen LogP contribution in [-0.2, 0) is 4.79 Å². The lowest BCUT2D eigenvalue weighted by Crippen LogP contribution is -2.41. The number of carbonyl (C=O) groups is 2. The molecule has 1 saturated heterocycles. The maximum absolute atomic E-state index is 12.8. The van der Waals surface area contributed by atoms with E-state index in [0.717, 1.165) is 0 Å². The maximum atomic E-state index is 12.8. The van der Waals surface area contributed by atoms with Crippen molar-refractivity contribution in [2.45, 2.75) is 19.8 Å². The number of nitrogens with zero attached hydrogens (tertiary/aromatic N) is 1. The Bertz CT molecular complexity index is 906. The van der Waals surface area contributed by atoms with E-state index in [4.69, 9.17) is 14.2 Å². The molecule has 0 aromatic heterocycles. The van der Waals surface area contributed by atoms with Crippen LogP contribution in [0.15, 0.2) is 42.5 Å². The summed E-state index contributed by atoms with van der Waals surface area (Å²) in [5.41, 5.74) is 1.25. The number of likely N-dealkylation sites (tertiary alicyclic amines) is 1. The molecule has 0 atom stereocenters. The fraction of sp³-hybridized carbons (Fsp3) is 0.364. The Kier molecular flexibility index (Phi) is 5.55. The van der Waals surface area contributed by atoms with Crippen molar-refractivity contribution >= 4 is 17.5 Å². The third-order valence-electron chi connectivity index (χ3n) is 5.22. The first-order valence-electron chi connectivity index (χ1n) is 9.87. The summed E-state index contributed by atoms with van der Waals surface area (Å²) in [6.45, 7) is 3.70. The zero-order chi connectivity index (χ0) is 20.2. The van der Waals surface area contributed by atoms with Gasteiger partial charge in [0.2, 0.25) is 12.7 Å². The molecule has 2 aliphatic heterocycles. The molecule has 0 spiro atoms. The molecule has 7 nitrogen and oxygen atoms in total. The largest absolute Gasteiger partial charge is 0.492 e. The third-order valence-corrected chi connectivity index (χ3v) is 5.22. The number of anilines is 1. The lowest BCUT2D eigenvalue weighted by molar-refractivity contribution is -0.121. The molecule has 2 aromatic carbocycles. The number of hydrogen-bond donors (Lipinski definition) is 1. The molecule has 0 saturated carbocycles. The Hall–Kier alpha value is -3.22. The fourth-order valence-corrected chi connectivity index (χ4v) is 3.64. The van der Waals surface area contributed by atoms with Gasteiger partial charge in [0.25, 0.3) is 5.91 Å². The summed E-state index contributed by atoms with van der Waals surface area (Å²) in [7, 11) is 0. The minimum absolute atomic E-state index is 0.0349. The Morgan fingerprint density at radius 1 is 1.10 bits per heavy atom. The first kappa shape index (κ1) is 19.1. The normalized spacial score (nSPS) is 15.8. The average molecular weight is 396 g/mol. The van der Waals surface area contributed by atoms with Gasteiger partial charge in [0, 0.05) is 24.6 Å². The molecule has 1 fully saturated rings. The smallest absolute Gasteiger partial charge is 0.253 e. The summed E-state index contributed by atoms with van der Waals surface area (Å²) < 4.78 is 16.2. The van der Waals surface area contributed by atoms with Crippen molar-refractivity contribution in [1.82, 2.24) is 4.90 Å². The molecule has 2 heterocycles. The van der Waals surface area contributed by atoms with Gasteiger partial charge in [0.15, 0.2) is 11.5 Å². The van der Waals surface area contributed by atoms with Crippen LogP contribution in [0.4, 0.5) is 5.69 Å². The van der Waals surface area contributed by atoms with Gasteiger partial charge in [-0.25, -0.2) is 0 Å². The first-order valence-corrected chi connectivity index (χ1v) is 9.87. The van der Waals surface area contributed by atoms with E-state index in [1.54, 1.807) is 23.1 Å². The van der Waals surface area contributed by atoms with Crippen LogP contribution < -0.4 is 19.5 Å². The van der Waals surface area contributed by atoms with Crippen molar-refractivity contribution in [3.63, 3.8) is 0 Å². The van der Waals surface area contributed by atoms with E-state index in [0.29, 0.717) is 61.0 Å². The Labute approximate surface area is 169 Å². The number of para-hydroxylation sites is 2. The van der Waals surface area contributed by atoms with E-state index < -0.39 is 0 Å². The number of carbonyl (C=O) groups excluding carboxylic acids is 2. The predicted molar refractivity (Wildman–Crippen MR) is 107 cm³/mol. The zero-order valence-corrected chi connectivity index (χ0v) is 16.3. The first-order chi connectivity index (χ1) is 14.2. The zero-order valence-electron chi connectivity index (χ0n) is 16.3. The number of hydrogen-bond acceptors (Lipinski definition) is 5. The number of ether oxygens (including phenoxy) is 3. The number of rotatable bonds is 5. The van der Waals surface area contributed by atoms with Crippen molar-refractivity contribution in [2.75, 3.05) is 31.8 Å². The molecular weight excluding hydrogens is 372 g/mol. The van der Waals surface area contributed by atoms with Crippen LogP contribution in [0.1, 0.15) is 30.1 Å². The lowest BCUT2D eigenvalue weighted by Gasteiger charge is -2.31. The molecule has 0 aliphatic carbocycles. The highest BCUT2D eigenvalue weighted by molar-refractivity contribution is 5.96. The summed E-state index contributed by atoms with van der Waals surface area (Å²) in [5, 5.41) is 2.97. The van der Waals surface area contributed by atoms with E-state index in [1.165, 1.54) is 0 Å². The standard InChI is InChI=1S/C22H24N2O5/c1-2-27-18-6-4-3-5-17(18)23-21(25)15-9-11-24(12-10-15)22(26)16-7-8-19-20(13-16)29-14-28-19/h3-8,13,15H,2,9-12,14H2,1H3,(H,23,25). The maximum Gasteiger partial charge on any atom is 0.253 e. The van der Waals surface area contributed by atoms with Crippen molar-refractivity contribution in [1.29, 1.82) is 0 Å². The van der Waals surface area contributed by atoms with E-state index in [1.807, 2.05) is 31.2 Å². The van der Waals surface area contributed by atoms with Crippen molar-refractivity contribution in [2.24, 2.45) is 5.92 Å². The van der Waals surface area contributed by atoms with Crippen molar-refractivity contribution in [3.8, 4) is 17.2 Å². The highest BCUT2D eigenvalue weighted by atomic mass is 16.7. The molecule has 2 aliphatic rings. The monoisotopic (exact) mass is 396 g/mol. The van der Waals surface area contributed by atoms with Gasteiger partial charge >= 0.3 is 0 Å². The summed E-state index contributed by atoms with van der Waals surface area (Å²) in [4.78, 5) is 27.3. The van der Waals surface area contributed by atoms with Gasteiger partial charge in [0.1, 0.15) is 5.75 Å². The van der Waals surface area contributed by atoms with Crippen molar-refractivity contribution < 1.29 is 23.8 Å². The average Bonchev–Trinajstić information content (AvgIpc) is 3.23. The van der Waals surface area contributed by atoms with Crippen LogP contribution >= 0.6 is 0 Å². The molecule has 1 N–H and O–H groups in total.